The van der Waals surface area contributed by atoms with Gasteiger partial charge in [-0.25, -0.2) is 8.42 Å². The first-order chi connectivity index (χ1) is 22.1. The van der Waals surface area contributed by atoms with E-state index in [2.05, 4.69) is 5.32 Å². The van der Waals surface area contributed by atoms with Gasteiger partial charge in [0.15, 0.2) is 0 Å². The maximum Gasteiger partial charge on any atom is 0.264 e. The number of anilines is 1. The van der Waals surface area contributed by atoms with Crippen molar-refractivity contribution in [2.45, 2.75) is 62.6 Å². The number of hydrogen-bond acceptors (Lipinski definition) is 4. The van der Waals surface area contributed by atoms with Crippen LogP contribution in [0.2, 0.25) is 10.0 Å². The molecule has 7 nitrogen and oxygen atoms in total. The minimum Gasteiger partial charge on any atom is -0.352 e. The summed E-state index contributed by atoms with van der Waals surface area (Å²) in [6.45, 7) is 1.20. The molecule has 1 fully saturated rings. The van der Waals surface area contributed by atoms with Crippen molar-refractivity contribution in [3.8, 4) is 0 Å². The smallest absolute Gasteiger partial charge is 0.264 e. The van der Waals surface area contributed by atoms with Crippen LogP contribution in [-0.4, -0.2) is 43.8 Å². The van der Waals surface area contributed by atoms with Gasteiger partial charge in [0, 0.05) is 29.1 Å². The molecule has 0 spiro atoms. The number of hydrogen-bond donors (Lipinski definition) is 1. The SMILES string of the molecule is Cc1c(Cl)cccc1N(CC(=O)N(Cc1cccc(Cl)c1)C(Cc1ccccc1)C(=O)NC1CCCC1)S(=O)(=O)c1ccccc1. The third-order valence-electron chi connectivity index (χ3n) is 8.33. The zero-order valence-corrected chi connectivity index (χ0v) is 27.9. The minimum absolute atomic E-state index is 0.0259. The number of rotatable bonds is 12. The molecule has 1 atom stereocenters. The molecule has 0 aliphatic heterocycles. The predicted molar refractivity (Wildman–Crippen MR) is 183 cm³/mol. The summed E-state index contributed by atoms with van der Waals surface area (Å²) < 4.78 is 29.5. The highest BCUT2D eigenvalue weighted by Gasteiger charge is 2.36. The van der Waals surface area contributed by atoms with E-state index in [9.17, 15) is 18.0 Å². The van der Waals surface area contributed by atoms with Crippen LogP contribution in [0.1, 0.15) is 42.4 Å². The maximum atomic E-state index is 14.6. The quantitative estimate of drug-likeness (QED) is 0.172. The normalized spacial score (nSPS) is 14.1. The fourth-order valence-corrected chi connectivity index (χ4v) is 7.73. The van der Waals surface area contributed by atoms with Crippen LogP contribution in [-0.2, 0) is 32.6 Å². The fourth-order valence-electron chi connectivity index (χ4n) is 5.85. The molecule has 2 amide bonds. The van der Waals surface area contributed by atoms with Gasteiger partial charge in [-0.05, 0) is 72.9 Å². The van der Waals surface area contributed by atoms with Crippen molar-refractivity contribution in [1.29, 1.82) is 0 Å². The molecule has 4 aromatic rings. The van der Waals surface area contributed by atoms with E-state index in [0.717, 1.165) is 35.6 Å². The topological polar surface area (TPSA) is 86.8 Å². The van der Waals surface area contributed by atoms with Crippen molar-refractivity contribution in [2.75, 3.05) is 10.8 Å². The molecule has 240 valence electrons. The summed E-state index contributed by atoms with van der Waals surface area (Å²) in [5.74, 6) is -0.816. The fraction of sp³-hybridized carbons (Fsp3) is 0.278. The Bertz CT molecular complexity index is 1760. The second kappa shape index (κ2) is 15.2. The first kappa shape index (κ1) is 33.5. The Morgan fingerprint density at radius 2 is 1.48 bits per heavy atom. The van der Waals surface area contributed by atoms with Crippen LogP contribution in [0, 0.1) is 6.92 Å². The van der Waals surface area contributed by atoms with Crippen molar-refractivity contribution >= 4 is 50.7 Å². The number of amides is 2. The van der Waals surface area contributed by atoms with E-state index in [1.807, 2.05) is 36.4 Å². The predicted octanol–water partition coefficient (Wildman–Crippen LogP) is 7.20. The second-order valence-electron chi connectivity index (χ2n) is 11.6. The van der Waals surface area contributed by atoms with Crippen LogP contribution in [0.5, 0.6) is 0 Å². The lowest BCUT2D eigenvalue weighted by Gasteiger charge is -2.34. The van der Waals surface area contributed by atoms with Crippen LogP contribution in [0.4, 0.5) is 5.69 Å². The van der Waals surface area contributed by atoms with Crippen LogP contribution in [0.25, 0.3) is 0 Å². The number of carbonyl (C=O) groups excluding carboxylic acids is 2. The third kappa shape index (κ3) is 8.10. The van der Waals surface area contributed by atoms with Crippen molar-refractivity contribution in [3.63, 3.8) is 0 Å². The molecular formula is C36H37Cl2N3O4S. The first-order valence-corrected chi connectivity index (χ1v) is 17.5. The van der Waals surface area contributed by atoms with Crippen LogP contribution < -0.4 is 9.62 Å². The van der Waals surface area contributed by atoms with Gasteiger partial charge in [0.1, 0.15) is 12.6 Å². The molecule has 1 aliphatic carbocycles. The number of nitrogens with zero attached hydrogens (tertiary/aromatic N) is 2. The van der Waals surface area contributed by atoms with Crippen molar-refractivity contribution in [1.82, 2.24) is 10.2 Å². The third-order valence-corrected chi connectivity index (χ3v) is 10.8. The molecule has 1 N–H and O–H groups in total. The number of nitrogens with one attached hydrogen (secondary N) is 1. The molecule has 5 rings (SSSR count). The molecule has 1 unspecified atom stereocenters. The van der Waals surface area contributed by atoms with E-state index >= 15 is 0 Å². The lowest BCUT2D eigenvalue weighted by atomic mass is 10.0. The summed E-state index contributed by atoms with van der Waals surface area (Å²) >= 11 is 12.8. The Hall–Kier alpha value is -3.85. The number of benzene rings is 4. The average Bonchev–Trinajstić information content (AvgIpc) is 3.57. The van der Waals surface area contributed by atoms with Crippen molar-refractivity contribution in [2.24, 2.45) is 0 Å². The van der Waals surface area contributed by atoms with Gasteiger partial charge in [-0.3, -0.25) is 13.9 Å². The summed E-state index contributed by atoms with van der Waals surface area (Å²) in [5, 5.41) is 4.04. The van der Waals surface area contributed by atoms with Gasteiger partial charge >= 0.3 is 0 Å². The molecule has 0 bridgehead atoms. The van der Waals surface area contributed by atoms with Gasteiger partial charge in [-0.2, -0.15) is 0 Å². The zero-order valence-electron chi connectivity index (χ0n) is 25.6. The Labute approximate surface area is 281 Å². The Morgan fingerprint density at radius 3 is 2.15 bits per heavy atom. The van der Waals surface area contributed by atoms with E-state index in [1.54, 1.807) is 61.5 Å². The largest absolute Gasteiger partial charge is 0.352 e. The highest BCUT2D eigenvalue weighted by Crippen LogP contribution is 2.31. The summed E-state index contributed by atoms with van der Waals surface area (Å²) in [5.41, 5.74) is 2.38. The van der Waals surface area contributed by atoms with E-state index < -0.39 is 28.5 Å². The monoisotopic (exact) mass is 677 g/mol. The Kier molecular flexibility index (Phi) is 11.0. The molecule has 0 aromatic heterocycles. The van der Waals surface area contributed by atoms with E-state index in [-0.39, 0.29) is 35.5 Å². The van der Waals surface area contributed by atoms with E-state index in [1.165, 1.54) is 17.0 Å². The van der Waals surface area contributed by atoms with Gasteiger partial charge in [0.25, 0.3) is 10.0 Å². The van der Waals surface area contributed by atoms with Gasteiger partial charge < -0.3 is 10.2 Å². The average molecular weight is 679 g/mol. The number of carbonyl (C=O) groups is 2. The van der Waals surface area contributed by atoms with Crippen LogP contribution in [0.3, 0.4) is 0 Å². The molecule has 1 saturated carbocycles. The Morgan fingerprint density at radius 1 is 0.848 bits per heavy atom. The summed E-state index contributed by atoms with van der Waals surface area (Å²) in [6, 6.07) is 28.6. The molecule has 1 aliphatic rings. The van der Waals surface area contributed by atoms with E-state index in [4.69, 9.17) is 23.2 Å². The zero-order chi connectivity index (χ0) is 32.7. The van der Waals surface area contributed by atoms with Gasteiger partial charge in [0.05, 0.1) is 10.6 Å². The van der Waals surface area contributed by atoms with Crippen molar-refractivity contribution in [3.05, 3.63) is 130 Å². The molecule has 0 saturated heterocycles. The molecule has 0 heterocycles. The van der Waals surface area contributed by atoms with Gasteiger partial charge in [0.2, 0.25) is 11.8 Å². The highest BCUT2D eigenvalue weighted by atomic mass is 35.5. The summed E-state index contributed by atoms with van der Waals surface area (Å²) in [4.78, 5) is 30.3. The lowest BCUT2D eigenvalue weighted by molar-refractivity contribution is -0.140. The van der Waals surface area contributed by atoms with Gasteiger partial charge in [-0.1, -0.05) is 103 Å². The summed E-state index contributed by atoms with van der Waals surface area (Å²) in [6.07, 6.45) is 4.06. The maximum absolute atomic E-state index is 14.6. The van der Waals surface area contributed by atoms with Crippen molar-refractivity contribution < 1.29 is 18.0 Å². The second-order valence-corrected chi connectivity index (χ2v) is 14.3. The highest BCUT2D eigenvalue weighted by molar-refractivity contribution is 7.92. The standard InChI is InChI=1S/C36H37Cl2N3O4S/c1-26-32(38)20-11-21-33(26)41(46(44,45)31-18-6-3-7-19-31)25-35(42)40(24-28-14-10-15-29(37)22-28)34(23-27-12-4-2-5-13-27)36(43)39-30-16-8-9-17-30/h2-7,10-15,18-22,30,34H,8-9,16-17,23-25H2,1H3,(H,39,43). The van der Waals surface area contributed by atoms with Crippen LogP contribution in [0.15, 0.2) is 108 Å². The molecule has 0 radical (unpaired) electrons. The Balaban J connectivity index is 1.59. The lowest BCUT2D eigenvalue weighted by Crippen LogP contribution is -2.54. The van der Waals surface area contributed by atoms with Gasteiger partial charge in [-0.15, -0.1) is 0 Å². The van der Waals surface area contributed by atoms with E-state index in [0.29, 0.717) is 21.2 Å². The summed E-state index contributed by atoms with van der Waals surface area (Å²) in [7, 11) is -4.22. The molecular weight excluding hydrogens is 641 g/mol. The molecule has 4 aromatic carbocycles. The number of halogens is 2. The first-order valence-electron chi connectivity index (χ1n) is 15.3. The number of sulfonamides is 1. The van der Waals surface area contributed by atoms with Crippen LogP contribution >= 0.6 is 23.2 Å². The molecule has 46 heavy (non-hydrogen) atoms. The minimum atomic E-state index is -4.22. The molecule has 10 heteroatoms.